The molecule has 7 rings (SSSR count). The third kappa shape index (κ3) is 7.84. The average molecular weight is 801 g/mol. The van der Waals surface area contributed by atoms with E-state index in [1.54, 1.807) is 40.1 Å². The van der Waals surface area contributed by atoms with Gasteiger partial charge in [0.25, 0.3) is 0 Å². The second-order valence-electron chi connectivity index (χ2n) is 16.6. The molecule has 312 valence electrons. The van der Waals surface area contributed by atoms with Crippen LogP contribution in [0.25, 0.3) is 33.2 Å². The van der Waals surface area contributed by atoms with E-state index in [0.717, 1.165) is 65.4 Å². The van der Waals surface area contributed by atoms with Gasteiger partial charge in [-0.1, -0.05) is 13.8 Å². The predicted octanol–water partition coefficient (Wildman–Crippen LogP) is 5.06. The number of fused-ring (bicyclic) bond motifs is 4. The summed E-state index contributed by atoms with van der Waals surface area (Å²) in [5.74, 6) is -1.20. The van der Waals surface area contributed by atoms with E-state index in [2.05, 4.69) is 31.2 Å². The zero-order chi connectivity index (χ0) is 41.4. The lowest BCUT2D eigenvalue weighted by Gasteiger charge is -2.38. The first kappa shape index (κ1) is 41.3. The molecule has 14 heteroatoms. The van der Waals surface area contributed by atoms with Crippen molar-refractivity contribution in [3.8, 4) is 11.4 Å². The highest BCUT2D eigenvalue weighted by molar-refractivity contribution is 5.97. The van der Waals surface area contributed by atoms with E-state index in [9.17, 15) is 28.0 Å². The van der Waals surface area contributed by atoms with Gasteiger partial charge in [0, 0.05) is 46.5 Å². The van der Waals surface area contributed by atoms with Gasteiger partial charge in [0.15, 0.2) is 0 Å². The minimum absolute atomic E-state index is 0.0666. The topological polar surface area (TPSA) is 154 Å². The Morgan fingerprint density at radius 3 is 1.83 bits per heavy atom. The number of likely N-dealkylation sites (N-methyl/N-ethyl adjacent to an activating group) is 2. The maximum Gasteiger partial charge on any atom is 0.245 e. The number of aromatic nitrogens is 2. The number of amides is 4. The number of H-pyrrole nitrogens is 2. The number of nitrogens with zero attached hydrogens (tertiary/aromatic N) is 2. The number of likely N-dealkylation sites (tertiary alicyclic amines) is 2. The minimum Gasteiger partial charge on any atom is -0.353 e. The van der Waals surface area contributed by atoms with Crippen molar-refractivity contribution in [1.82, 2.24) is 41.0 Å². The van der Waals surface area contributed by atoms with Crippen LogP contribution in [-0.4, -0.2) is 106 Å². The fraction of sp³-hybridized carbons (Fsp3) is 0.545. The monoisotopic (exact) mass is 800 g/mol. The van der Waals surface area contributed by atoms with Crippen LogP contribution in [0.15, 0.2) is 36.4 Å². The van der Waals surface area contributed by atoms with Crippen molar-refractivity contribution in [3.05, 3.63) is 59.2 Å². The fourth-order valence-electron chi connectivity index (χ4n) is 9.70. The van der Waals surface area contributed by atoms with Gasteiger partial charge in [-0.3, -0.25) is 19.2 Å². The van der Waals surface area contributed by atoms with E-state index < -0.39 is 30.0 Å². The number of hydrogen-bond acceptors (Lipinski definition) is 6. The highest BCUT2D eigenvalue weighted by Gasteiger charge is 2.49. The first-order valence-electron chi connectivity index (χ1n) is 21.1. The quantitative estimate of drug-likeness (QED) is 0.0990. The predicted molar refractivity (Wildman–Crippen MR) is 221 cm³/mol. The molecule has 58 heavy (non-hydrogen) atoms. The van der Waals surface area contributed by atoms with E-state index in [4.69, 9.17) is 0 Å². The SMILES string of the molecule is CCC(NC(=O)C(C)NC)C(=O)N1CCCC1Cc1c(-c2[nH]c3cc(F)ccc3c2CC2C3CCC(C3)N2C(=O)C(CC)NC(=O)C(C)NC)[nH]c2cc(F)ccc12. The summed E-state index contributed by atoms with van der Waals surface area (Å²) in [6.45, 7) is 7.86. The van der Waals surface area contributed by atoms with Crippen LogP contribution >= 0.6 is 0 Å². The Bertz CT molecular complexity index is 2180. The molecule has 6 N–H and O–H groups in total. The minimum atomic E-state index is -0.671. The van der Waals surface area contributed by atoms with Gasteiger partial charge in [-0.15, -0.1) is 0 Å². The van der Waals surface area contributed by atoms with Gasteiger partial charge in [0.2, 0.25) is 23.6 Å². The van der Waals surface area contributed by atoms with Crippen molar-refractivity contribution in [3.63, 3.8) is 0 Å². The molecule has 8 atom stereocenters. The molecule has 1 saturated carbocycles. The van der Waals surface area contributed by atoms with E-state index in [0.29, 0.717) is 43.3 Å². The second kappa shape index (κ2) is 17.2. The van der Waals surface area contributed by atoms with Crippen molar-refractivity contribution in [2.75, 3.05) is 20.6 Å². The highest BCUT2D eigenvalue weighted by atomic mass is 19.1. The van der Waals surface area contributed by atoms with E-state index >= 15 is 0 Å². The second-order valence-corrected chi connectivity index (χ2v) is 16.6. The summed E-state index contributed by atoms with van der Waals surface area (Å²) in [7, 11) is 3.41. The summed E-state index contributed by atoms with van der Waals surface area (Å²) in [6, 6.07) is 6.88. The smallest absolute Gasteiger partial charge is 0.245 e. The van der Waals surface area contributed by atoms with Crippen molar-refractivity contribution >= 4 is 45.4 Å². The number of piperidine rings is 1. The number of nitrogens with one attached hydrogen (secondary N) is 6. The molecule has 4 amide bonds. The normalized spacial score (nSPS) is 22.4. The molecule has 3 fully saturated rings. The number of benzene rings is 2. The lowest BCUT2D eigenvalue weighted by Crippen LogP contribution is -2.56. The summed E-state index contributed by atoms with van der Waals surface area (Å²) in [5, 5.41) is 13.4. The highest BCUT2D eigenvalue weighted by Crippen LogP contribution is 2.46. The summed E-state index contributed by atoms with van der Waals surface area (Å²) in [5.41, 5.74) is 4.51. The number of carbonyl (C=O) groups excluding carboxylic acids is 4. The lowest BCUT2D eigenvalue weighted by atomic mass is 9.89. The molecule has 2 aliphatic heterocycles. The molecule has 0 spiro atoms. The molecule has 8 unspecified atom stereocenters. The Labute approximate surface area is 338 Å². The molecular weight excluding hydrogens is 743 g/mol. The van der Waals surface area contributed by atoms with Gasteiger partial charge >= 0.3 is 0 Å². The maximum atomic E-state index is 14.9. The lowest BCUT2D eigenvalue weighted by molar-refractivity contribution is -0.140. The van der Waals surface area contributed by atoms with Crippen LogP contribution in [0, 0.1) is 17.6 Å². The Kier molecular flexibility index (Phi) is 12.3. The van der Waals surface area contributed by atoms with Crippen LogP contribution in [0.1, 0.15) is 83.8 Å². The van der Waals surface area contributed by atoms with Gasteiger partial charge in [0.1, 0.15) is 23.7 Å². The summed E-state index contributed by atoms with van der Waals surface area (Å²) in [4.78, 5) is 65.2. The van der Waals surface area contributed by atoms with Gasteiger partial charge in [-0.05, 0) is 139 Å². The maximum absolute atomic E-state index is 14.9. The molecule has 4 aromatic rings. The van der Waals surface area contributed by atoms with E-state index in [1.165, 1.54) is 24.3 Å². The molecule has 4 heterocycles. The first-order chi connectivity index (χ1) is 27.9. The van der Waals surface area contributed by atoms with E-state index in [1.807, 2.05) is 23.6 Å². The molecule has 2 bridgehead atoms. The Morgan fingerprint density at radius 1 is 0.759 bits per heavy atom. The molecule has 3 aliphatic rings. The number of halogens is 2. The van der Waals surface area contributed by atoms with E-state index in [-0.39, 0.29) is 53.5 Å². The van der Waals surface area contributed by atoms with Crippen molar-refractivity contribution < 1.29 is 28.0 Å². The first-order valence-corrected chi connectivity index (χ1v) is 21.1. The number of hydrogen-bond donors (Lipinski definition) is 6. The number of rotatable bonds is 15. The summed E-state index contributed by atoms with van der Waals surface area (Å²) < 4.78 is 29.7. The van der Waals surface area contributed by atoms with Gasteiger partial charge in [0.05, 0.1) is 23.5 Å². The molecule has 2 aromatic carbocycles. The largest absolute Gasteiger partial charge is 0.353 e. The molecule has 1 aliphatic carbocycles. The third-order valence-corrected chi connectivity index (χ3v) is 13.2. The van der Waals surface area contributed by atoms with Gasteiger partial charge in [-0.2, -0.15) is 0 Å². The van der Waals surface area contributed by atoms with Crippen LogP contribution in [-0.2, 0) is 32.0 Å². The summed E-state index contributed by atoms with van der Waals surface area (Å²) >= 11 is 0. The van der Waals surface area contributed by atoms with Crippen molar-refractivity contribution in [2.45, 2.75) is 128 Å². The third-order valence-electron chi connectivity index (χ3n) is 13.2. The Morgan fingerprint density at radius 2 is 1.29 bits per heavy atom. The van der Waals surface area contributed by atoms with Crippen LogP contribution in [0.4, 0.5) is 8.78 Å². The zero-order valence-electron chi connectivity index (χ0n) is 34.4. The molecule has 0 radical (unpaired) electrons. The Hall–Kier alpha value is -4.82. The molecule has 2 aromatic heterocycles. The van der Waals surface area contributed by atoms with Gasteiger partial charge < -0.3 is 41.0 Å². The zero-order valence-corrected chi connectivity index (χ0v) is 34.4. The number of aromatic amines is 2. The standard InChI is InChI=1S/C44H58F2N8O4/c1-7-34(51-41(55)23(3)47-5)43(57)53-17-9-10-28(53)21-32-30-15-12-26(45)19-36(30)49-39(32)40-33(31-16-13-27(46)20-37(31)50-40)22-38-25-11-14-29(18-25)54(38)44(58)35(8-2)52-42(56)24(4)48-6/h12-13,15-16,19-20,23-25,28-29,34-35,38,47-50H,7-11,14,17-18,21-22H2,1-6H3,(H,51,55)(H,52,56). The molecular formula is C44H58F2N8O4. The molecule has 12 nitrogen and oxygen atoms in total. The van der Waals surface area contributed by atoms with Crippen LogP contribution in [0.3, 0.4) is 0 Å². The Balaban J connectivity index is 1.27. The summed E-state index contributed by atoms with van der Waals surface area (Å²) in [6.07, 6.45) is 6.19. The number of carbonyl (C=O) groups is 4. The van der Waals surface area contributed by atoms with Crippen LogP contribution in [0.5, 0.6) is 0 Å². The van der Waals surface area contributed by atoms with Gasteiger partial charge in [-0.25, -0.2) is 8.78 Å². The fourth-order valence-corrected chi connectivity index (χ4v) is 9.70. The van der Waals surface area contributed by atoms with Crippen LogP contribution in [0.2, 0.25) is 0 Å². The van der Waals surface area contributed by atoms with Crippen LogP contribution < -0.4 is 21.3 Å². The average Bonchev–Trinajstić information content (AvgIpc) is 4.07. The molecule has 2 saturated heterocycles. The van der Waals surface area contributed by atoms with Crippen molar-refractivity contribution in [1.29, 1.82) is 0 Å². The van der Waals surface area contributed by atoms with Crippen molar-refractivity contribution in [2.24, 2.45) is 5.92 Å².